The highest BCUT2D eigenvalue weighted by molar-refractivity contribution is 9.10. The third-order valence-electron chi connectivity index (χ3n) is 1.79. The van der Waals surface area contributed by atoms with Crippen LogP contribution in [0.1, 0.15) is 0 Å². The summed E-state index contributed by atoms with van der Waals surface area (Å²) in [6.07, 6.45) is 3.52. The van der Waals surface area contributed by atoms with Gasteiger partial charge in [0.2, 0.25) is 0 Å². The van der Waals surface area contributed by atoms with Gasteiger partial charge in [-0.2, -0.15) is 0 Å². The van der Waals surface area contributed by atoms with Crippen LogP contribution in [0.2, 0.25) is 0 Å². The summed E-state index contributed by atoms with van der Waals surface area (Å²) in [6.45, 7) is 1.36. The zero-order chi connectivity index (χ0) is 9.26. The fourth-order valence-corrected chi connectivity index (χ4v) is 1.55. The third-order valence-corrected chi connectivity index (χ3v) is 2.23. The van der Waals surface area contributed by atoms with Gasteiger partial charge in [-0.15, -0.1) is 0 Å². The molecule has 13 heavy (non-hydrogen) atoms. The third kappa shape index (κ3) is 1.57. The number of halogens is 1. The Morgan fingerprint density at radius 2 is 2.31 bits per heavy atom. The van der Waals surface area contributed by atoms with Crippen LogP contribution in [-0.2, 0) is 6.54 Å². The van der Waals surface area contributed by atoms with Crippen LogP contribution in [0.15, 0.2) is 23.1 Å². The molecular formula is C8H9BrN4. The molecule has 68 valence electrons. The first-order valence-corrected chi connectivity index (χ1v) is 4.77. The Balaban J connectivity index is 2.55. The van der Waals surface area contributed by atoms with Gasteiger partial charge in [-0.25, -0.2) is 9.97 Å². The molecule has 0 saturated heterocycles. The van der Waals surface area contributed by atoms with Crippen LogP contribution >= 0.6 is 15.9 Å². The van der Waals surface area contributed by atoms with Crippen molar-refractivity contribution in [3.05, 3.63) is 23.1 Å². The van der Waals surface area contributed by atoms with Crippen molar-refractivity contribution in [1.29, 1.82) is 0 Å². The predicted octanol–water partition coefficient (Wildman–Crippen LogP) is 1.15. The van der Waals surface area contributed by atoms with E-state index in [1.54, 1.807) is 12.5 Å². The second kappa shape index (κ2) is 3.43. The lowest BCUT2D eigenvalue weighted by Gasteiger charge is -1.99. The number of hydrogen-bond donors (Lipinski definition) is 1. The van der Waals surface area contributed by atoms with Gasteiger partial charge in [0.15, 0.2) is 5.65 Å². The van der Waals surface area contributed by atoms with Crippen molar-refractivity contribution in [2.75, 3.05) is 6.54 Å². The molecule has 2 aromatic heterocycles. The van der Waals surface area contributed by atoms with Crippen LogP contribution in [0.4, 0.5) is 0 Å². The van der Waals surface area contributed by atoms with Crippen molar-refractivity contribution in [3.63, 3.8) is 0 Å². The Hall–Kier alpha value is -0.940. The summed E-state index contributed by atoms with van der Waals surface area (Å²) in [5.41, 5.74) is 7.23. The summed E-state index contributed by atoms with van der Waals surface area (Å²) in [5.74, 6) is 0. The largest absolute Gasteiger partial charge is 0.329 e. The van der Waals surface area contributed by atoms with Crippen molar-refractivity contribution in [2.24, 2.45) is 5.73 Å². The molecule has 0 aliphatic heterocycles. The first-order chi connectivity index (χ1) is 6.31. The first-order valence-electron chi connectivity index (χ1n) is 3.97. The van der Waals surface area contributed by atoms with Crippen molar-refractivity contribution >= 4 is 27.1 Å². The van der Waals surface area contributed by atoms with E-state index in [0.29, 0.717) is 6.54 Å². The Morgan fingerprint density at radius 1 is 1.46 bits per heavy atom. The minimum atomic E-state index is 0.600. The molecule has 4 nitrogen and oxygen atoms in total. The fraction of sp³-hybridized carbons (Fsp3) is 0.250. The molecule has 2 rings (SSSR count). The molecule has 0 atom stereocenters. The Labute approximate surface area is 83.9 Å². The van der Waals surface area contributed by atoms with E-state index in [4.69, 9.17) is 5.73 Å². The van der Waals surface area contributed by atoms with Gasteiger partial charge >= 0.3 is 0 Å². The molecule has 2 N–H and O–H groups in total. The normalized spacial score (nSPS) is 10.9. The molecular weight excluding hydrogens is 232 g/mol. The molecule has 0 fully saturated rings. The quantitative estimate of drug-likeness (QED) is 0.858. The van der Waals surface area contributed by atoms with Gasteiger partial charge in [0, 0.05) is 23.8 Å². The van der Waals surface area contributed by atoms with Gasteiger partial charge < -0.3 is 10.3 Å². The van der Waals surface area contributed by atoms with Gasteiger partial charge in [-0.1, -0.05) is 0 Å². The topological polar surface area (TPSA) is 56.7 Å². The highest BCUT2D eigenvalue weighted by atomic mass is 79.9. The summed E-state index contributed by atoms with van der Waals surface area (Å²) >= 11 is 3.34. The predicted molar refractivity (Wildman–Crippen MR) is 54.3 cm³/mol. The minimum absolute atomic E-state index is 0.600. The molecule has 0 aliphatic rings. The molecule has 0 aromatic carbocycles. The molecule has 2 heterocycles. The van der Waals surface area contributed by atoms with E-state index in [0.717, 1.165) is 22.2 Å². The summed E-state index contributed by atoms with van der Waals surface area (Å²) in [5, 5.41) is 0. The number of aromatic nitrogens is 3. The Morgan fingerprint density at radius 3 is 3.08 bits per heavy atom. The van der Waals surface area contributed by atoms with Gasteiger partial charge in [-0.3, -0.25) is 0 Å². The van der Waals surface area contributed by atoms with Gasteiger partial charge in [0.25, 0.3) is 0 Å². The maximum atomic E-state index is 5.46. The minimum Gasteiger partial charge on any atom is -0.329 e. The summed E-state index contributed by atoms with van der Waals surface area (Å²) in [6, 6.07) is 1.94. The number of fused-ring (bicyclic) bond motifs is 1. The number of pyridine rings is 1. The molecule has 2 aromatic rings. The van der Waals surface area contributed by atoms with Crippen molar-refractivity contribution in [2.45, 2.75) is 6.54 Å². The first kappa shape index (κ1) is 8.65. The van der Waals surface area contributed by atoms with Gasteiger partial charge in [0.1, 0.15) is 5.52 Å². The maximum Gasteiger partial charge on any atom is 0.159 e. The van der Waals surface area contributed by atoms with Crippen LogP contribution in [-0.4, -0.2) is 21.1 Å². The Bertz CT molecular complexity index is 423. The lowest BCUT2D eigenvalue weighted by molar-refractivity contribution is 0.721. The molecule has 0 radical (unpaired) electrons. The van der Waals surface area contributed by atoms with Crippen LogP contribution in [0.5, 0.6) is 0 Å². The summed E-state index contributed by atoms with van der Waals surface area (Å²) in [4.78, 5) is 8.47. The van der Waals surface area contributed by atoms with E-state index in [2.05, 4.69) is 25.9 Å². The number of nitrogens with zero attached hydrogens (tertiary/aromatic N) is 3. The molecule has 0 amide bonds. The maximum absolute atomic E-state index is 5.46. The van der Waals surface area contributed by atoms with Crippen molar-refractivity contribution in [3.8, 4) is 0 Å². The van der Waals surface area contributed by atoms with Crippen LogP contribution in [0.3, 0.4) is 0 Å². The summed E-state index contributed by atoms with van der Waals surface area (Å²) in [7, 11) is 0. The summed E-state index contributed by atoms with van der Waals surface area (Å²) < 4.78 is 2.89. The second-order valence-corrected chi connectivity index (χ2v) is 3.64. The van der Waals surface area contributed by atoms with Crippen LogP contribution in [0, 0.1) is 0 Å². The van der Waals surface area contributed by atoms with E-state index in [1.165, 1.54) is 0 Å². The lowest BCUT2D eigenvalue weighted by atomic mass is 10.4. The van der Waals surface area contributed by atoms with Crippen LogP contribution < -0.4 is 5.73 Å². The molecule has 0 unspecified atom stereocenters. The van der Waals surface area contributed by atoms with E-state index < -0.39 is 0 Å². The van der Waals surface area contributed by atoms with E-state index >= 15 is 0 Å². The highest BCUT2D eigenvalue weighted by Crippen LogP contribution is 2.15. The van der Waals surface area contributed by atoms with Gasteiger partial charge in [-0.05, 0) is 22.0 Å². The zero-order valence-corrected chi connectivity index (χ0v) is 8.53. The van der Waals surface area contributed by atoms with Crippen molar-refractivity contribution in [1.82, 2.24) is 14.5 Å². The van der Waals surface area contributed by atoms with Crippen molar-refractivity contribution < 1.29 is 0 Å². The molecule has 0 aliphatic carbocycles. The average Bonchev–Trinajstić information content (AvgIpc) is 2.49. The SMILES string of the molecule is NCCn1cnc2cc(Br)cnc21. The standard InChI is InChI=1S/C8H9BrN4/c9-6-3-7-8(11-4-6)13(2-1-10)5-12-7/h3-5H,1-2,10H2. The molecule has 0 spiro atoms. The lowest BCUT2D eigenvalue weighted by Crippen LogP contribution is -2.09. The van der Waals surface area contributed by atoms with E-state index in [9.17, 15) is 0 Å². The van der Waals surface area contributed by atoms with Gasteiger partial charge in [0.05, 0.1) is 6.33 Å². The van der Waals surface area contributed by atoms with E-state index in [1.807, 2.05) is 10.6 Å². The number of hydrogen-bond acceptors (Lipinski definition) is 3. The van der Waals surface area contributed by atoms with E-state index in [-0.39, 0.29) is 0 Å². The zero-order valence-electron chi connectivity index (χ0n) is 6.94. The average molecular weight is 241 g/mol. The molecule has 0 saturated carbocycles. The smallest absolute Gasteiger partial charge is 0.159 e. The molecule has 0 bridgehead atoms. The number of nitrogens with two attached hydrogens (primary N) is 1. The number of imidazole rings is 1. The number of rotatable bonds is 2. The highest BCUT2D eigenvalue weighted by Gasteiger charge is 2.02. The molecule has 5 heteroatoms. The Kier molecular flexibility index (Phi) is 2.28. The van der Waals surface area contributed by atoms with Crippen LogP contribution in [0.25, 0.3) is 11.2 Å². The monoisotopic (exact) mass is 240 g/mol. The second-order valence-electron chi connectivity index (χ2n) is 2.72. The fourth-order valence-electron chi connectivity index (χ4n) is 1.23.